The molecule has 2 unspecified atom stereocenters. The summed E-state index contributed by atoms with van der Waals surface area (Å²) in [5.74, 6) is 0.331. The van der Waals surface area contributed by atoms with Crippen molar-refractivity contribution < 1.29 is 9.53 Å². The van der Waals surface area contributed by atoms with Crippen molar-refractivity contribution in [1.29, 1.82) is 0 Å². The third-order valence-electron chi connectivity index (χ3n) is 3.77. The first-order valence-corrected chi connectivity index (χ1v) is 6.90. The number of hydrogen-bond acceptors (Lipinski definition) is 3. The van der Waals surface area contributed by atoms with Gasteiger partial charge in [0.15, 0.2) is 0 Å². The molecule has 0 aromatic carbocycles. The van der Waals surface area contributed by atoms with Gasteiger partial charge in [0.05, 0.1) is 6.10 Å². The molecule has 0 aromatic heterocycles. The Morgan fingerprint density at radius 2 is 2.41 bits per heavy atom. The molecule has 2 saturated heterocycles. The fraction of sp³-hybridized carbons (Fsp3) is 0.923. The predicted molar refractivity (Wildman–Crippen MR) is 66.9 cm³/mol. The van der Waals surface area contributed by atoms with E-state index in [1.165, 1.54) is 12.8 Å². The first-order chi connectivity index (χ1) is 8.27. The maximum atomic E-state index is 11.4. The topological polar surface area (TPSA) is 41.6 Å². The summed E-state index contributed by atoms with van der Waals surface area (Å²) in [4.78, 5) is 13.4. The van der Waals surface area contributed by atoms with E-state index in [4.69, 9.17) is 4.74 Å². The van der Waals surface area contributed by atoms with Crippen LogP contribution in [-0.4, -0.2) is 49.2 Å². The lowest BCUT2D eigenvalue weighted by atomic mass is 10.1. The Labute approximate surface area is 104 Å². The number of hydrogen-bond donors (Lipinski definition) is 1. The van der Waals surface area contributed by atoms with Gasteiger partial charge in [-0.05, 0) is 39.2 Å². The highest BCUT2D eigenvalue weighted by Gasteiger charge is 2.22. The molecule has 2 aliphatic rings. The first kappa shape index (κ1) is 12.8. The van der Waals surface area contributed by atoms with Crippen molar-refractivity contribution in [1.82, 2.24) is 10.2 Å². The number of likely N-dealkylation sites (tertiary alicyclic amines) is 1. The number of amides is 1. The van der Waals surface area contributed by atoms with Crippen LogP contribution in [0.1, 0.15) is 39.0 Å². The summed E-state index contributed by atoms with van der Waals surface area (Å²) >= 11 is 0. The van der Waals surface area contributed by atoms with Gasteiger partial charge < -0.3 is 15.0 Å². The lowest BCUT2D eigenvalue weighted by Crippen LogP contribution is -2.38. The molecule has 0 aliphatic carbocycles. The molecule has 1 N–H and O–H groups in total. The molecule has 98 valence electrons. The molecule has 0 spiro atoms. The minimum absolute atomic E-state index is 0.331. The normalized spacial score (nSPS) is 26.8. The van der Waals surface area contributed by atoms with Gasteiger partial charge >= 0.3 is 0 Å². The van der Waals surface area contributed by atoms with E-state index in [-0.39, 0.29) is 0 Å². The zero-order valence-corrected chi connectivity index (χ0v) is 10.8. The molecule has 2 heterocycles. The Bertz CT molecular complexity index is 252. The lowest BCUT2D eigenvalue weighted by Gasteiger charge is -2.21. The number of carbonyl (C=O) groups is 1. The second kappa shape index (κ2) is 6.36. The molecule has 1 amide bonds. The summed E-state index contributed by atoms with van der Waals surface area (Å²) in [6.45, 7) is 5.95. The van der Waals surface area contributed by atoms with E-state index < -0.39 is 0 Å². The molecule has 4 nitrogen and oxygen atoms in total. The third kappa shape index (κ3) is 3.68. The lowest BCUT2D eigenvalue weighted by molar-refractivity contribution is -0.127. The number of carbonyl (C=O) groups excluding carboxylic acids is 1. The van der Waals surface area contributed by atoms with Crippen molar-refractivity contribution in [3.63, 3.8) is 0 Å². The Morgan fingerprint density at radius 3 is 3.06 bits per heavy atom. The molecule has 2 aliphatic heterocycles. The highest BCUT2D eigenvalue weighted by molar-refractivity contribution is 5.77. The van der Waals surface area contributed by atoms with Gasteiger partial charge in [-0.3, -0.25) is 4.79 Å². The zero-order valence-electron chi connectivity index (χ0n) is 10.8. The maximum Gasteiger partial charge on any atom is 0.222 e. The van der Waals surface area contributed by atoms with Crippen molar-refractivity contribution in [2.45, 2.75) is 51.2 Å². The average molecular weight is 240 g/mol. The Kier molecular flexibility index (Phi) is 4.80. The molecule has 2 rings (SSSR count). The molecule has 17 heavy (non-hydrogen) atoms. The monoisotopic (exact) mass is 240 g/mol. The van der Waals surface area contributed by atoms with Crippen LogP contribution >= 0.6 is 0 Å². The molecular weight excluding hydrogens is 216 g/mol. The van der Waals surface area contributed by atoms with E-state index >= 15 is 0 Å². The van der Waals surface area contributed by atoms with Crippen LogP contribution in [0.4, 0.5) is 0 Å². The minimum atomic E-state index is 0.331. The summed E-state index contributed by atoms with van der Waals surface area (Å²) in [5.41, 5.74) is 0. The van der Waals surface area contributed by atoms with E-state index in [0.29, 0.717) is 18.1 Å². The van der Waals surface area contributed by atoms with Gasteiger partial charge in [0.1, 0.15) is 0 Å². The molecule has 0 bridgehead atoms. The predicted octanol–water partition coefficient (Wildman–Crippen LogP) is 1.16. The summed E-state index contributed by atoms with van der Waals surface area (Å²) in [6.07, 6.45) is 5.60. The summed E-state index contributed by atoms with van der Waals surface area (Å²) in [6, 6.07) is 0.437. The minimum Gasteiger partial charge on any atom is -0.377 e. The second-order valence-electron chi connectivity index (χ2n) is 5.13. The van der Waals surface area contributed by atoms with E-state index in [1.807, 2.05) is 4.90 Å². The van der Waals surface area contributed by atoms with Gasteiger partial charge in [0, 0.05) is 32.2 Å². The van der Waals surface area contributed by atoms with Crippen LogP contribution < -0.4 is 5.32 Å². The van der Waals surface area contributed by atoms with Gasteiger partial charge in [-0.15, -0.1) is 0 Å². The molecule has 2 atom stereocenters. The van der Waals surface area contributed by atoms with Crippen LogP contribution in [0.2, 0.25) is 0 Å². The van der Waals surface area contributed by atoms with Crippen LogP contribution in [0, 0.1) is 0 Å². The molecular formula is C13H24N2O2. The maximum absolute atomic E-state index is 11.4. The summed E-state index contributed by atoms with van der Waals surface area (Å²) in [5, 5.41) is 3.50. The van der Waals surface area contributed by atoms with Crippen molar-refractivity contribution in [2.75, 3.05) is 26.2 Å². The molecule has 0 saturated carbocycles. The van der Waals surface area contributed by atoms with Gasteiger partial charge in [-0.2, -0.15) is 0 Å². The Balaban J connectivity index is 1.54. The fourth-order valence-electron chi connectivity index (χ4n) is 2.67. The fourth-order valence-corrected chi connectivity index (χ4v) is 2.67. The average Bonchev–Trinajstić information content (AvgIpc) is 2.96. The molecule has 4 heteroatoms. The zero-order chi connectivity index (χ0) is 12.1. The van der Waals surface area contributed by atoms with Gasteiger partial charge in [0.25, 0.3) is 0 Å². The van der Waals surface area contributed by atoms with Crippen LogP contribution in [0.25, 0.3) is 0 Å². The van der Waals surface area contributed by atoms with Gasteiger partial charge in [0.2, 0.25) is 5.91 Å². The van der Waals surface area contributed by atoms with E-state index in [2.05, 4.69) is 12.2 Å². The third-order valence-corrected chi connectivity index (χ3v) is 3.77. The van der Waals surface area contributed by atoms with Crippen molar-refractivity contribution >= 4 is 5.91 Å². The highest BCUT2D eigenvalue weighted by Crippen LogP contribution is 2.15. The number of ether oxygens (including phenoxy) is 1. The first-order valence-electron chi connectivity index (χ1n) is 6.90. The largest absolute Gasteiger partial charge is 0.377 e. The SMILES string of the molecule is CC(NCCCN1CCCC1=O)C1CCCO1. The smallest absolute Gasteiger partial charge is 0.222 e. The molecule has 2 fully saturated rings. The number of nitrogens with zero attached hydrogens (tertiary/aromatic N) is 1. The molecule has 0 radical (unpaired) electrons. The van der Waals surface area contributed by atoms with Gasteiger partial charge in [-0.1, -0.05) is 0 Å². The van der Waals surface area contributed by atoms with Crippen LogP contribution in [0.5, 0.6) is 0 Å². The van der Waals surface area contributed by atoms with Crippen LogP contribution in [-0.2, 0) is 9.53 Å². The Morgan fingerprint density at radius 1 is 1.53 bits per heavy atom. The van der Waals surface area contributed by atoms with E-state index in [1.54, 1.807) is 0 Å². The summed E-state index contributed by atoms with van der Waals surface area (Å²) < 4.78 is 5.64. The Hall–Kier alpha value is -0.610. The highest BCUT2D eigenvalue weighted by atomic mass is 16.5. The number of rotatable bonds is 6. The standard InChI is InChI=1S/C13H24N2O2/c1-11(12-5-3-10-17-12)14-7-4-9-15-8-2-6-13(15)16/h11-12,14H,2-10H2,1H3. The second-order valence-corrected chi connectivity index (χ2v) is 5.13. The van der Waals surface area contributed by atoms with Crippen molar-refractivity contribution in [3.8, 4) is 0 Å². The van der Waals surface area contributed by atoms with E-state index in [0.717, 1.165) is 45.5 Å². The van der Waals surface area contributed by atoms with Gasteiger partial charge in [-0.25, -0.2) is 0 Å². The van der Waals surface area contributed by atoms with Crippen LogP contribution in [0.15, 0.2) is 0 Å². The summed E-state index contributed by atoms with van der Waals surface area (Å²) in [7, 11) is 0. The van der Waals surface area contributed by atoms with Crippen LogP contribution in [0.3, 0.4) is 0 Å². The van der Waals surface area contributed by atoms with E-state index in [9.17, 15) is 4.79 Å². The molecule has 0 aromatic rings. The quantitative estimate of drug-likeness (QED) is 0.708. The van der Waals surface area contributed by atoms with Crippen molar-refractivity contribution in [2.24, 2.45) is 0 Å². The number of nitrogens with one attached hydrogen (secondary N) is 1. The van der Waals surface area contributed by atoms with Crippen molar-refractivity contribution in [3.05, 3.63) is 0 Å².